The van der Waals surface area contributed by atoms with Gasteiger partial charge in [-0.15, -0.1) is 0 Å². The first-order valence-electron chi connectivity index (χ1n) is 4.73. The maximum Gasteiger partial charge on any atom is 0.254 e. The minimum Gasteiger partial charge on any atom is -0.355 e. The van der Waals surface area contributed by atoms with Crippen molar-refractivity contribution in [2.24, 2.45) is 0 Å². The summed E-state index contributed by atoms with van der Waals surface area (Å²) in [6, 6.07) is 7.21. The monoisotopic (exact) mass is 235 g/mol. The van der Waals surface area contributed by atoms with Crippen LogP contribution in [0.4, 0.5) is 0 Å². The average Bonchev–Trinajstić information content (AvgIpc) is 2.78. The molecule has 0 atom stereocenters. The smallest absolute Gasteiger partial charge is 0.254 e. The van der Waals surface area contributed by atoms with E-state index in [-0.39, 0.29) is 5.91 Å². The third-order valence-electron chi connectivity index (χ3n) is 2.24. The molecule has 0 aliphatic heterocycles. The SMILES string of the molecule is CNC(=O)c1cn[nH]c1-c1ccc(Cl)cc1. The maximum atomic E-state index is 11.5. The van der Waals surface area contributed by atoms with Crippen molar-refractivity contribution in [2.75, 3.05) is 7.05 Å². The van der Waals surface area contributed by atoms with Crippen LogP contribution in [0.25, 0.3) is 11.3 Å². The summed E-state index contributed by atoms with van der Waals surface area (Å²) in [7, 11) is 1.58. The van der Waals surface area contributed by atoms with Gasteiger partial charge in [-0.1, -0.05) is 23.7 Å². The van der Waals surface area contributed by atoms with Gasteiger partial charge in [0.05, 0.1) is 17.5 Å². The van der Waals surface area contributed by atoms with E-state index in [1.807, 2.05) is 12.1 Å². The third-order valence-corrected chi connectivity index (χ3v) is 2.50. The van der Waals surface area contributed by atoms with Gasteiger partial charge >= 0.3 is 0 Å². The van der Waals surface area contributed by atoms with E-state index in [0.717, 1.165) is 5.56 Å². The van der Waals surface area contributed by atoms with Gasteiger partial charge in [0.25, 0.3) is 5.91 Å². The Kier molecular flexibility index (Phi) is 2.92. The number of hydrogen-bond acceptors (Lipinski definition) is 2. The summed E-state index contributed by atoms with van der Waals surface area (Å²) in [5.41, 5.74) is 2.08. The molecule has 0 spiro atoms. The Morgan fingerprint density at radius 3 is 2.69 bits per heavy atom. The maximum absolute atomic E-state index is 11.5. The van der Waals surface area contributed by atoms with Crippen LogP contribution in [-0.4, -0.2) is 23.2 Å². The van der Waals surface area contributed by atoms with Gasteiger partial charge in [0.1, 0.15) is 0 Å². The van der Waals surface area contributed by atoms with Crippen molar-refractivity contribution >= 4 is 17.5 Å². The second-order valence-corrected chi connectivity index (χ2v) is 3.68. The number of aromatic amines is 1. The van der Waals surface area contributed by atoms with Gasteiger partial charge in [0.2, 0.25) is 0 Å². The highest BCUT2D eigenvalue weighted by molar-refractivity contribution is 6.30. The molecule has 1 amide bonds. The molecule has 2 aromatic rings. The summed E-state index contributed by atoms with van der Waals surface area (Å²) in [5, 5.41) is 9.90. The molecule has 0 saturated carbocycles. The number of hydrogen-bond donors (Lipinski definition) is 2. The molecule has 82 valence electrons. The first kappa shape index (κ1) is 10.7. The van der Waals surface area contributed by atoms with Crippen LogP contribution in [0, 0.1) is 0 Å². The normalized spacial score (nSPS) is 10.1. The molecule has 0 aliphatic rings. The molecule has 4 nitrogen and oxygen atoms in total. The minimum absolute atomic E-state index is 0.168. The second kappa shape index (κ2) is 4.37. The highest BCUT2D eigenvalue weighted by Crippen LogP contribution is 2.22. The molecule has 0 bridgehead atoms. The zero-order chi connectivity index (χ0) is 11.5. The van der Waals surface area contributed by atoms with Crippen molar-refractivity contribution in [2.45, 2.75) is 0 Å². The van der Waals surface area contributed by atoms with Crippen LogP contribution in [0.15, 0.2) is 30.5 Å². The van der Waals surface area contributed by atoms with Crippen LogP contribution >= 0.6 is 11.6 Å². The number of nitrogens with one attached hydrogen (secondary N) is 2. The van der Waals surface area contributed by atoms with Crippen LogP contribution in [0.3, 0.4) is 0 Å². The third kappa shape index (κ3) is 1.92. The van der Waals surface area contributed by atoms with Crippen LogP contribution < -0.4 is 5.32 Å². The van der Waals surface area contributed by atoms with Gasteiger partial charge in [-0.25, -0.2) is 0 Å². The molecule has 0 radical (unpaired) electrons. The van der Waals surface area contributed by atoms with Crippen molar-refractivity contribution in [3.8, 4) is 11.3 Å². The molecule has 1 aromatic carbocycles. The average molecular weight is 236 g/mol. The van der Waals surface area contributed by atoms with Gasteiger partial charge in [-0.05, 0) is 12.1 Å². The van der Waals surface area contributed by atoms with Crippen LogP contribution in [0.5, 0.6) is 0 Å². The molecule has 16 heavy (non-hydrogen) atoms. The predicted molar refractivity (Wildman–Crippen MR) is 62.4 cm³/mol. The number of carbonyl (C=O) groups excluding carboxylic acids is 1. The fourth-order valence-corrected chi connectivity index (χ4v) is 1.56. The molecule has 1 aromatic heterocycles. The number of carbonyl (C=O) groups is 1. The van der Waals surface area contributed by atoms with E-state index < -0.39 is 0 Å². The number of benzene rings is 1. The number of nitrogens with zero attached hydrogens (tertiary/aromatic N) is 1. The van der Waals surface area contributed by atoms with Crippen LogP contribution in [-0.2, 0) is 0 Å². The minimum atomic E-state index is -0.168. The Morgan fingerprint density at radius 2 is 2.06 bits per heavy atom. The molecule has 0 saturated heterocycles. The van der Waals surface area contributed by atoms with Crippen molar-refractivity contribution in [1.82, 2.24) is 15.5 Å². The summed E-state index contributed by atoms with van der Waals surface area (Å²) in [4.78, 5) is 11.5. The van der Waals surface area contributed by atoms with E-state index >= 15 is 0 Å². The second-order valence-electron chi connectivity index (χ2n) is 3.24. The van der Waals surface area contributed by atoms with E-state index in [1.54, 1.807) is 19.2 Å². The molecule has 2 N–H and O–H groups in total. The largest absolute Gasteiger partial charge is 0.355 e. The molecular weight excluding hydrogens is 226 g/mol. The number of halogens is 1. The Hall–Kier alpha value is -1.81. The van der Waals surface area contributed by atoms with Gasteiger partial charge in [-0.3, -0.25) is 9.89 Å². The highest BCUT2D eigenvalue weighted by Gasteiger charge is 2.13. The molecule has 0 fully saturated rings. The fraction of sp³-hybridized carbons (Fsp3) is 0.0909. The number of rotatable bonds is 2. The predicted octanol–water partition coefficient (Wildman–Crippen LogP) is 2.09. The quantitative estimate of drug-likeness (QED) is 0.838. The fourth-order valence-electron chi connectivity index (χ4n) is 1.43. The number of aromatic nitrogens is 2. The zero-order valence-electron chi connectivity index (χ0n) is 8.62. The van der Waals surface area contributed by atoms with Gasteiger partial charge in [0.15, 0.2) is 0 Å². The van der Waals surface area contributed by atoms with E-state index in [0.29, 0.717) is 16.3 Å². The summed E-state index contributed by atoms with van der Waals surface area (Å²) in [6.07, 6.45) is 1.50. The van der Waals surface area contributed by atoms with E-state index in [4.69, 9.17) is 11.6 Å². The topological polar surface area (TPSA) is 57.8 Å². The first-order chi connectivity index (χ1) is 7.72. The van der Waals surface area contributed by atoms with Crippen molar-refractivity contribution in [1.29, 1.82) is 0 Å². The highest BCUT2D eigenvalue weighted by atomic mass is 35.5. The molecule has 0 aliphatic carbocycles. The molecular formula is C11H10ClN3O. The molecule has 1 heterocycles. The lowest BCUT2D eigenvalue weighted by atomic mass is 10.1. The lowest BCUT2D eigenvalue weighted by molar-refractivity contribution is 0.0964. The van der Waals surface area contributed by atoms with Gasteiger partial charge in [-0.2, -0.15) is 5.10 Å². The van der Waals surface area contributed by atoms with Gasteiger partial charge < -0.3 is 5.32 Å². The Bertz CT molecular complexity index is 504. The molecule has 2 rings (SSSR count). The lowest BCUT2D eigenvalue weighted by Gasteiger charge is -2.02. The summed E-state index contributed by atoms with van der Waals surface area (Å²) >= 11 is 5.80. The first-order valence-corrected chi connectivity index (χ1v) is 5.11. The van der Waals surface area contributed by atoms with E-state index in [9.17, 15) is 4.79 Å². The zero-order valence-corrected chi connectivity index (χ0v) is 9.38. The summed E-state index contributed by atoms with van der Waals surface area (Å²) < 4.78 is 0. The lowest BCUT2D eigenvalue weighted by Crippen LogP contribution is -2.17. The van der Waals surface area contributed by atoms with Crippen molar-refractivity contribution < 1.29 is 4.79 Å². The Labute approximate surface area is 97.6 Å². The van der Waals surface area contributed by atoms with E-state index in [2.05, 4.69) is 15.5 Å². The molecule has 5 heteroatoms. The Morgan fingerprint density at radius 1 is 1.38 bits per heavy atom. The summed E-state index contributed by atoms with van der Waals surface area (Å²) in [5.74, 6) is -0.168. The van der Waals surface area contributed by atoms with E-state index in [1.165, 1.54) is 6.20 Å². The van der Waals surface area contributed by atoms with Gasteiger partial charge in [0, 0.05) is 17.6 Å². The Balaban J connectivity index is 2.44. The van der Waals surface area contributed by atoms with Crippen molar-refractivity contribution in [3.63, 3.8) is 0 Å². The standard InChI is InChI=1S/C11H10ClN3O/c1-13-11(16)9-6-14-15-10(9)7-2-4-8(12)5-3-7/h2-6H,1H3,(H,13,16)(H,14,15). The van der Waals surface area contributed by atoms with Crippen molar-refractivity contribution in [3.05, 3.63) is 41.0 Å². The van der Waals surface area contributed by atoms with Crippen LogP contribution in [0.2, 0.25) is 5.02 Å². The molecule has 0 unspecified atom stereocenters. The summed E-state index contributed by atoms with van der Waals surface area (Å²) in [6.45, 7) is 0. The van der Waals surface area contributed by atoms with Crippen LogP contribution in [0.1, 0.15) is 10.4 Å². The number of amides is 1. The number of H-pyrrole nitrogens is 1.